The summed E-state index contributed by atoms with van der Waals surface area (Å²) in [7, 11) is 0. The van der Waals surface area contributed by atoms with Gasteiger partial charge in [-0.05, 0) is 5.56 Å². The highest BCUT2D eigenvalue weighted by atomic mass is 16.7. The first-order valence-electron chi connectivity index (χ1n) is 6.86. The Labute approximate surface area is 122 Å². The second-order valence-corrected chi connectivity index (χ2v) is 5.19. The molecule has 1 saturated heterocycles. The summed E-state index contributed by atoms with van der Waals surface area (Å²) in [6.45, 7) is 1.39. The van der Waals surface area contributed by atoms with E-state index in [4.69, 9.17) is 14.6 Å². The van der Waals surface area contributed by atoms with E-state index in [0.717, 1.165) is 5.56 Å². The molecule has 1 heterocycles. The molecule has 0 bridgehead atoms. The summed E-state index contributed by atoms with van der Waals surface area (Å²) in [5.41, 5.74) is 0.885. The van der Waals surface area contributed by atoms with Gasteiger partial charge in [-0.1, -0.05) is 37.3 Å². The molecule has 0 saturated carbocycles. The summed E-state index contributed by atoms with van der Waals surface area (Å²) >= 11 is 0. The maximum absolute atomic E-state index is 11.9. The van der Waals surface area contributed by atoms with Crippen molar-refractivity contribution >= 4 is 5.78 Å². The van der Waals surface area contributed by atoms with E-state index in [1.54, 1.807) is 0 Å². The van der Waals surface area contributed by atoms with E-state index in [2.05, 4.69) is 0 Å². The molecule has 1 aliphatic rings. The molecule has 6 heteroatoms. The van der Waals surface area contributed by atoms with E-state index in [0.29, 0.717) is 0 Å². The van der Waals surface area contributed by atoms with Crippen molar-refractivity contribution in [3.05, 3.63) is 35.9 Å². The minimum Gasteiger partial charge on any atom is -0.396 e. The minimum absolute atomic E-state index is 0.194. The first-order valence-corrected chi connectivity index (χ1v) is 6.86. The van der Waals surface area contributed by atoms with Crippen molar-refractivity contribution in [1.29, 1.82) is 0 Å². The number of hydrogen-bond donors (Lipinski definition) is 3. The van der Waals surface area contributed by atoms with Crippen molar-refractivity contribution in [2.24, 2.45) is 5.92 Å². The van der Waals surface area contributed by atoms with E-state index in [9.17, 15) is 15.0 Å². The number of ketones is 1. The normalized spacial score (nSPS) is 30.3. The molecule has 0 amide bonds. The van der Waals surface area contributed by atoms with Crippen LogP contribution in [0, 0.1) is 5.92 Å². The second-order valence-electron chi connectivity index (χ2n) is 5.19. The van der Waals surface area contributed by atoms with Crippen LogP contribution in [0.25, 0.3) is 0 Å². The third-order valence-corrected chi connectivity index (χ3v) is 3.54. The van der Waals surface area contributed by atoms with Gasteiger partial charge in [0.1, 0.15) is 18.3 Å². The predicted molar refractivity (Wildman–Crippen MR) is 73.2 cm³/mol. The quantitative estimate of drug-likeness (QED) is 0.675. The van der Waals surface area contributed by atoms with Gasteiger partial charge in [0.15, 0.2) is 12.1 Å². The molecule has 21 heavy (non-hydrogen) atoms. The van der Waals surface area contributed by atoms with E-state index in [-0.39, 0.29) is 13.2 Å². The van der Waals surface area contributed by atoms with Crippen LogP contribution in [-0.4, -0.2) is 52.3 Å². The van der Waals surface area contributed by atoms with Gasteiger partial charge in [-0.25, -0.2) is 0 Å². The molecule has 1 fully saturated rings. The Bertz CT molecular complexity index is 462. The molecular formula is C15H20O6. The zero-order valence-electron chi connectivity index (χ0n) is 11.8. The van der Waals surface area contributed by atoms with E-state index >= 15 is 0 Å². The number of rotatable bonds is 6. The lowest BCUT2D eigenvalue weighted by molar-refractivity contribution is -0.158. The van der Waals surface area contributed by atoms with Gasteiger partial charge in [0.05, 0.1) is 13.2 Å². The molecule has 0 radical (unpaired) electrons. The number of benzene rings is 1. The van der Waals surface area contributed by atoms with Crippen LogP contribution in [0.5, 0.6) is 0 Å². The highest BCUT2D eigenvalue weighted by Crippen LogP contribution is 2.26. The number of ether oxygens (including phenoxy) is 2. The maximum atomic E-state index is 11.9. The van der Waals surface area contributed by atoms with Gasteiger partial charge in [-0.2, -0.15) is 0 Å². The Morgan fingerprint density at radius 2 is 2.00 bits per heavy atom. The molecular weight excluding hydrogens is 276 g/mol. The van der Waals surface area contributed by atoms with Crippen molar-refractivity contribution in [1.82, 2.24) is 0 Å². The lowest BCUT2D eigenvalue weighted by Gasteiger charge is -2.19. The van der Waals surface area contributed by atoms with Crippen molar-refractivity contribution in [2.75, 3.05) is 6.61 Å². The first-order chi connectivity index (χ1) is 10.0. The maximum Gasteiger partial charge on any atom is 0.184 e. The highest BCUT2D eigenvalue weighted by Gasteiger charge is 2.47. The largest absolute Gasteiger partial charge is 0.396 e. The molecule has 3 N–H and O–H groups in total. The number of aliphatic hydroxyl groups excluding tert-OH is 3. The molecule has 1 aromatic carbocycles. The lowest BCUT2D eigenvalue weighted by Crippen LogP contribution is -2.40. The number of hydrogen-bond acceptors (Lipinski definition) is 6. The minimum atomic E-state index is -1.37. The number of carbonyl (C=O) groups is 1. The van der Waals surface area contributed by atoms with E-state index < -0.39 is 36.3 Å². The molecule has 2 rings (SSSR count). The topological polar surface area (TPSA) is 96.2 Å². The number of aliphatic hydroxyl groups is 3. The van der Waals surface area contributed by atoms with Crippen LogP contribution in [-0.2, 0) is 20.9 Å². The molecule has 1 aliphatic heterocycles. The molecule has 1 aromatic rings. The SMILES string of the molecule is C[C@@H](CO)C(=O)[C@@H]1OC(O)[C@H](OCc2ccccc2)[C@H]1O. The van der Waals surface area contributed by atoms with Crippen molar-refractivity contribution in [2.45, 2.75) is 38.1 Å². The van der Waals surface area contributed by atoms with Gasteiger partial charge >= 0.3 is 0 Å². The zero-order chi connectivity index (χ0) is 15.4. The van der Waals surface area contributed by atoms with Crippen LogP contribution < -0.4 is 0 Å². The van der Waals surface area contributed by atoms with Crippen LogP contribution in [0.2, 0.25) is 0 Å². The Morgan fingerprint density at radius 3 is 2.62 bits per heavy atom. The molecule has 6 nitrogen and oxygen atoms in total. The summed E-state index contributed by atoms with van der Waals surface area (Å²) in [6.07, 6.45) is -4.80. The lowest BCUT2D eigenvalue weighted by atomic mass is 9.98. The van der Waals surface area contributed by atoms with Crippen molar-refractivity contribution in [3.63, 3.8) is 0 Å². The second kappa shape index (κ2) is 7.11. The van der Waals surface area contributed by atoms with Gasteiger partial charge in [-0.3, -0.25) is 4.79 Å². The summed E-state index contributed by atoms with van der Waals surface area (Å²) in [5, 5.41) is 28.9. The summed E-state index contributed by atoms with van der Waals surface area (Å²) in [6, 6.07) is 9.28. The number of carbonyl (C=O) groups excluding carboxylic acids is 1. The summed E-state index contributed by atoms with van der Waals surface area (Å²) in [4.78, 5) is 11.9. The molecule has 0 spiro atoms. The fourth-order valence-corrected chi connectivity index (χ4v) is 2.20. The Balaban J connectivity index is 1.96. The van der Waals surface area contributed by atoms with Gasteiger partial charge in [0, 0.05) is 5.92 Å². The fourth-order valence-electron chi connectivity index (χ4n) is 2.20. The van der Waals surface area contributed by atoms with Crippen LogP contribution in [0.3, 0.4) is 0 Å². The van der Waals surface area contributed by atoms with Crippen LogP contribution >= 0.6 is 0 Å². The molecule has 0 aromatic heterocycles. The smallest absolute Gasteiger partial charge is 0.184 e. The highest BCUT2D eigenvalue weighted by molar-refractivity contribution is 5.86. The van der Waals surface area contributed by atoms with Gasteiger partial charge in [0.2, 0.25) is 0 Å². The fraction of sp³-hybridized carbons (Fsp3) is 0.533. The van der Waals surface area contributed by atoms with Crippen LogP contribution in [0.1, 0.15) is 12.5 Å². The average molecular weight is 296 g/mol. The van der Waals surface area contributed by atoms with Gasteiger partial charge in [-0.15, -0.1) is 0 Å². The van der Waals surface area contributed by atoms with Crippen molar-refractivity contribution < 1.29 is 29.6 Å². The first kappa shape index (κ1) is 16.1. The molecule has 116 valence electrons. The predicted octanol–water partition coefficient (Wildman–Crippen LogP) is -0.153. The summed E-state index contributed by atoms with van der Waals surface area (Å²) < 4.78 is 10.5. The van der Waals surface area contributed by atoms with Gasteiger partial charge in [0.25, 0.3) is 0 Å². The Kier molecular flexibility index (Phi) is 5.44. The summed E-state index contributed by atoms with van der Waals surface area (Å²) in [5.74, 6) is -1.11. The Hall–Kier alpha value is -1.31. The molecule has 5 atom stereocenters. The Morgan fingerprint density at radius 1 is 1.33 bits per heavy atom. The van der Waals surface area contributed by atoms with E-state index in [1.807, 2.05) is 30.3 Å². The third kappa shape index (κ3) is 3.66. The van der Waals surface area contributed by atoms with Crippen LogP contribution in [0.15, 0.2) is 30.3 Å². The monoisotopic (exact) mass is 296 g/mol. The van der Waals surface area contributed by atoms with Crippen molar-refractivity contribution in [3.8, 4) is 0 Å². The molecule has 1 unspecified atom stereocenters. The molecule has 0 aliphatic carbocycles. The zero-order valence-corrected chi connectivity index (χ0v) is 11.8. The third-order valence-electron chi connectivity index (χ3n) is 3.54. The van der Waals surface area contributed by atoms with Crippen LogP contribution in [0.4, 0.5) is 0 Å². The van der Waals surface area contributed by atoms with E-state index in [1.165, 1.54) is 6.92 Å². The van der Waals surface area contributed by atoms with Gasteiger partial charge < -0.3 is 24.8 Å². The number of Topliss-reactive ketones (excluding diaryl/α,β-unsaturated/α-hetero) is 1. The standard InChI is InChI=1S/C15H20O6/c1-9(7-16)11(17)13-12(18)14(15(19)21-13)20-8-10-5-3-2-4-6-10/h2-6,9,12-16,18-19H,7-8H2,1H3/t9-,12-,13-,14+,15?/m0/s1. The average Bonchev–Trinajstić information content (AvgIpc) is 2.79.